The van der Waals surface area contributed by atoms with Gasteiger partial charge in [-0.2, -0.15) is 0 Å². The van der Waals surface area contributed by atoms with E-state index >= 15 is 0 Å². The normalized spacial score (nSPS) is 12.2. The third kappa shape index (κ3) is 2.12. The van der Waals surface area contributed by atoms with Crippen LogP contribution in [0.15, 0.2) is 34.9 Å². The Balaban J connectivity index is 1.99. The van der Waals surface area contributed by atoms with Gasteiger partial charge in [-0.25, -0.2) is 4.98 Å². The van der Waals surface area contributed by atoms with Crippen LogP contribution in [0.4, 0.5) is 0 Å². The Morgan fingerprint density at radius 1 is 1.24 bits per heavy atom. The fraction of sp³-hybridized carbons (Fsp3) is 0.235. The maximum absolute atomic E-state index is 6.19. The predicted octanol–water partition coefficient (Wildman–Crippen LogP) is 6.05. The van der Waals surface area contributed by atoms with Gasteiger partial charge in [0.2, 0.25) is 0 Å². The van der Waals surface area contributed by atoms with Gasteiger partial charge in [0.25, 0.3) is 0 Å². The summed E-state index contributed by atoms with van der Waals surface area (Å²) in [6, 6.07) is 8.50. The van der Waals surface area contributed by atoms with Gasteiger partial charge in [0.15, 0.2) is 0 Å². The highest BCUT2D eigenvalue weighted by atomic mass is 35.5. The summed E-state index contributed by atoms with van der Waals surface area (Å²) in [5, 5.41) is 4.13. The molecule has 0 aliphatic rings. The molecule has 0 spiro atoms. The minimum absolute atomic E-state index is 0.575. The molecular weight excluding hydrogens is 302 g/mol. The monoisotopic (exact) mass is 315 g/mol. The highest BCUT2D eigenvalue weighted by Gasteiger charge is 2.12. The van der Waals surface area contributed by atoms with Crippen molar-refractivity contribution in [2.45, 2.75) is 20.3 Å². The number of fused-ring (bicyclic) bond motifs is 4. The van der Waals surface area contributed by atoms with Gasteiger partial charge in [-0.05, 0) is 30.2 Å². The summed E-state index contributed by atoms with van der Waals surface area (Å²) < 4.78 is 8.21. The van der Waals surface area contributed by atoms with E-state index in [1.165, 1.54) is 15.5 Å². The maximum Gasteiger partial charge on any atom is 0.146 e. The molecule has 0 atom stereocenters. The summed E-state index contributed by atoms with van der Waals surface area (Å²) in [5.41, 5.74) is 0.953. The standard InChI is InChI=1S/C17H14ClNOS/c1-9(2)5-11-6-10-7-13-12-3-4-19-17(18)16(12)21-15(13)8-14(10)20-11/h3-4,6-9H,5H2,1-2H3. The SMILES string of the molecule is CC(C)Cc1cc2cc3c(cc2o1)sc1c(Cl)nccc13. The largest absolute Gasteiger partial charge is 0.461 e. The highest BCUT2D eigenvalue weighted by Crippen LogP contribution is 2.39. The summed E-state index contributed by atoms with van der Waals surface area (Å²) in [6.45, 7) is 4.41. The smallest absolute Gasteiger partial charge is 0.146 e. The Bertz CT molecular complexity index is 967. The first-order valence-corrected chi connectivity index (χ1v) is 8.20. The number of hydrogen-bond acceptors (Lipinski definition) is 3. The third-order valence-electron chi connectivity index (χ3n) is 3.64. The van der Waals surface area contributed by atoms with Crippen LogP contribution in [0.3, 0.4) is 0 Å². The summed E-state index contributed by atoms with van der Waals surface area (Å²) in [6.07, 6.45) is 2.74. The minimum Gasteiger partial charge on any atom is -0.461 e. The van der Waals surface area contributed by atoms with Crippen molar-refractivity contribution < 1.29 is 4.42 Å². The fourth-order valence-corrected chi connectivity index (χ4v) is 4.13. The van der Waals surface area contributed by atoms with Crippen LogP contribution in [0.25, 0.3) is 31.1 Å². The van der Waals surface area contributed by atoms with Crippen LogP contribution in [0, 0.1) is 5.92 Å². The van der Waals surface area contributed by atoms with E-state index in [1.807, 2.05) is 6.07 Å². The Morgan fingerprint density at radius 3 is 2.90 bits per heavy atom. The van der Waals surface area contributed by atoms with E-state index in [9.17, 15) is 0 Å². The molecule has 0 N–H and O–H groups in total. The van der Waals surface area contributed by atoms with Crippen molar-refractivity contribution in [2.75, 3.05) is 0 Å². The van der Waals surface area contributed by atoms with Crippen molar-refractivity contribution in [2.24, 2.45) is 5.92 Å². The number of thiophene rings is 1. The van der Waals surface area contributed by atoms with Crippen LogP contribution < -0.4 is 0 Å². The number of nitrogens with zero attached hydrogens (tertiary/aromatic N) is 1. The average Bonchev–Trinajstić information content (AvgIpc) is 2.96. The maximum atomic E-state index is 6.19. The average molecular weight is 316 g/mol. The molecule has 0 aliphatic heterocycles. The van der Waals surface area contributed by atoms with E-state index in [0.29, 0.717) is 11.1 Å². The number of halogens is 1. The third-order valence-corrected chi connectivity index (χ3v) is 5.22. The summed E-state index contributed by atoms with van der Waals surface area (Å²) >= 11 is 7.86. The number of benzene rings is 1. The molecule has 0 bridgehead atoms. The number of pyridine rings is 1. The van der Waals surface area contributed by atoms with Gasteiger partial charge in [-0.3, -0.25) is 0 Å². The Kier molecular flexibility index (Phi) is 2.95. The molecule has 0 amide bonds. The predicted molar refractivity (Wildman–Crippen MR) is 90.5 cm³/mol. The number of rotatable bonds is 2. The van der Waals surface area contributed by atoms with Crippen LogP contribution in [0.2, 0.25) is 5.15 Å². The summed E-state index contributed by atoms with van der Waals surface area (Å²) in [5.74, 6) is 1.65. The topological polar surface area (TPSA) is 26.0 Å². The molecule has 0 radical (unpaired) electrons. The summed E-state index contributed by atoms with van der Waals surface area (Å²) in [4.78, 5) is 4.16. The molecule has 0 aliphatic carbocycles. The molecular formula is C17H14ClNOS. The van der Waals surface area contributed by atoms with E-state index in [0.717, 1.165) is 27.9 Å². The Hall–Kier alpha value is -1.58. The lowest BCUT2D eigenvalue weighted by atomic mass is 10.1. The molecule has 0 saturated heterocycles. The number of aromatic nitrogens is 1. The van der Waals surface area contributed by atoms with Crippen LogP contribution in [-0.2, 0) is 6.42 Å². The molecule has 3 aromatic heterocycles. The molecule has 21 heavy (non-hydrogen) atoms. The first kappa shape index (κ1) is 13.1. The van der Waals surface area contributed by atoms with Gasteiger partial charge in [-0.15, -0.1) is 11.3 Å². The molecule has 4 aromatic rings. The molecule has 3 heterocycles. The van der Waals surface area contributed by atoms with Crippen molar-refractivity contribution in [3.8, 4) is 0 Å². The molecule has 0 fully saturated rings. The zero-order valence-electron chi connectivity index (χ0n) is 11.8. The lowest BCUT2D eigenvalue weighted by molar-refractivity contribution is 0.500. The minimum atomic E-state index is 0.575. The van der Waals surface area contributed by atoms with Gasteiger partial charge < -0.3 is 4.42 Å². The Morgan fingerprint density at radius 2 is 2.10 bits per heavy atom. The highest BCUT2D eigenvalue weighted by molar-refractivity contribution is 7.26. The molecule has 1 aromatic carbocycles. The molecule has 0 unspecified atom stereocenters. The van der Waals surface area contributed by atoms with Crippen molar-refractivity contribution in [3.05, 3.63) is 41.4 Å². The lowest BCUT2D eigenvalue weighted by Crippen LogP contribution is -1.90. The fourth-order valence-electron chi connectivity index (χ4n) is 2.76. The van der Waals surface area contributed by atoms with E-state index in [-0.39, 0.29) is 0 Å². The molecule has 4 heteroatoms. The van der Waals surface area contributed by atoms with Crippen LogP contribution in [0.5, 0.6) is 0 Å². The second kappa shape index (κ2) is 4.72. The van der Waals surface area contributed by atoms with Crippen molar-refractivity contribution >= 4 is 54.1 Å². The van der Waals surface area contributed by atoms with Gasteiger partial charge in [-0.1, -0.05) is 25.4 Å². The van der Waals surface area contributed by atoms with E-state index in [4.69, 9.17) is 16.0 Å². The first-order valence-electron chi connectivity index (χ1n) is 7.01. The quantitative estimate of drug-likeness (QED) is 0.421. The van der Waals surface area contributed by atoms with Gasteiger partial charge >= 0.3 is 0 Å². The Labute approximate surface area is 131 Å². The van der Waals surface area contributed by atoms with Gasteiger partial charge in [0, 0.05) is 33.5 Å². The van der Waals surface area contributed by atoms with Gasteiger partial charge in [0.05, 0.1) is 4.70 Å². The first-order chi connectivity index (χ1) is 10.1. The van der Waals surface area contributed by atoms with Gasteiger partial charge in [0.1, 0.15) is 16.5 Å². The summed E-state index contributed by atoms with van der Waals surface area (Å²) in [7, 11) is 0. The molecule has 2 nitrogen and oxygen atoms in total. The lowest BCUT2D eigenvalue weighted by Gasteiger charge is -1.98. The molecule has 0 saturated carbocycles. The van der Waals surface area contributed by atoms with Crippen LogP contribution in [-0.4, -0.2) is 4.98 Å². The zero-order valence-corrected chi connectivity index (χ0v) is 13.4. The van der Waals surface area contributed by atoms with E-state index < -0.39 is 0 Å². The van der Waals surface area contributed by atoms with Crippen molar-refractivity contribution in [1.82, 2.24) is 4.98 Å². The number of furan rings is 1. The zero-order chi connectivity index (χ0) is 14.6. The molecule has 4 rings (SSSR count). The van der Waals surface area contributed by atoms with Crippen molar-refractivity contribution in [3.63, 3.8) is 0 Å². The second-order valence-electron chi connectivity index (χ2n) is 5.78. The van der Waals surface area contributed by atoms with Crippen LogP contribution in [0.1, 0.15) is 19.6 Å². The van der Waals surface area contributed by atoms with E-state index in [2.05, 4.69) is 37.0 Å². The van der Waals surface area contributed by atoms with Crippen molar-refractivity contribution in [1.29, 1.82) is 0 Å². The number of hydrogen-bond donors (Lipinski definition) is 0. The van der Waals surface area contributed by atoms with E-state index in [1.54, 1.807) is 17.5 Å². The molecule has 106 valence electrons. The second-order valence-corrected chi connectivity index (χ2v) is 7.19. The van der Waals surface area contributed by atoms with Crippen LogP contribution >= 0.6 is 22.9 Å².